The zero-order valence-corrected chi connectivity index (χ0v) is 17.7. The van der Waals surface area contributed by atoms with Crippen LogP contribution in [0.2, 0.25) is 5.02 Å². The minimum Gasteiger partial charge on any atom is -0.487 e. The molecule has 0 atom stereocenters. The number of rotatable bonds is 3. The lowest BCUT2D eigenvalue weighted by atomic mass is 10.2. The molecule has 152 valence electrons. The predicted molar refractivity (Wildman–Crippen MR) is 114 cm³/mol. The zero-order valence-electron chi connectivity index (χ0n) is 15.3. The number of fused-ring (bicyclic) bond motifs is 2. The number of nitrogens with one attached hydrogen (secondary N) is 1. The Hall–Kier alpha value is -2.14. The SMILES string of the molecule is O=S(=O)(c1cccc2nsnc12)N1CCOc2c(N3CCNCC3)cc(Cl)cc21. The first-order valence-electron chi connectivity index (χ1n) is 9.22. The van der Waals surface area contributed by atoms with E-state index in [9.17, 15) is 8.42 Å². The van der Waals surface area contributed by atoms with E-state index in [4.69, 9.17) is 16.3 Å². The van der Waals surface area contributed by atoms with Gasteiger partial charge in [0.05, 0.1) is 29.6 Å². The minimum absolute atomic E-state index is 0.139. The molecular formula is C18H18ClN5O3S2. The first-order valence-corrected chi connectivity index (χ1v) is 11.8. The van der Waals surface area contributed by atoms with Crippen molar-refractivity contribution in [1.82, 2.24) is 14.1 Å². The first kappa shape index (κ1) is 18.9. The van der Waals surface area contributed by atoms with Crippen LogP contribution in [0.3, 0.4) is 0 Å². The molecule has 1 fully saturated rings. The molecule has 0 saturated carbocycles. The highest BCUT2D eigenvalue weighted by Crippen LogP contribution is 2.45. The van der Waals surface area contributed by atoms with Crippen molar-refractivity contribution < 1.29 is 13.2 Å². The lowest BCUT2D eigenvalue weighted by Crippen LogP contribution is -2.44. The molecule has 1 saturated heterocycles. The van der Waals surface area contributed by atoms with Crippen LogP contribution in [-0.4, -0.2) is 56.5 Å². The van der Waals surface area contributed by atoms with Gasteiger partial charge >= 0.3 is 0 Å². The second-order valence-electron chi connectivity index (χ2n) is 6.82. The monoisotopic (exact) mass is 451 g/mol. The summed E-state index contributed by atoms with van der Waals surface area (Å²) < 4.78 is 42.9. The van der Waals surface area contributed by atoms with Crippen molar-refractivity contribution in [1.29, 1.82) is 0 Å². The first-order chi connectivity index (χ1) is 14.1. The Morgan fingerprint density at radius 3 is 2.72 bits per heavy atom. The van der Waals surface area contributed by atoms with E-state index in [1.807, 2.05) is 6.07 Å². The zero-order chi connectivity index (χ0) is 20.0. The van der Waals surface area contributed by atoms with E-state index in [0.717, 1.165) is 43.6 Å². The summed E-state index contributed by atoms with van der Waals surface area (Å²) in [7, 11) is -3.87. The third kappa shape index (κ3) is 3.20. The average Bonchev–Trinajstić information content (AvgIpc) is 3.22. The van der Waals surface area contributed by atoms with Crippen LogP contribution in [0.25, 0.3) is 11.0 Å². The van der Waals surface area contributed by atoms with Crippen LogP contribution in [0.5, 0.6) is 5.75 Å². The largest absolute Gasteiger partial charge is 0.487 e. The Kier molecular flexibility index (Phi) is 4.73. The highest BCUT2D eigenvalue weighted by Gasteiger charge is 2.34. The normalized spacial score (nSPS) is 17.3. The summed E-state index contributed by atoms with van der Waals surface area (Å²) in [5.41, 5.74) is 2.23. The Balaban J connectivity index is 1.64. The Morgan fingerprint density at radius 1 is 1.10 bits per heavy atom. The van der Waals surface area contributed by atoms with E-state index in [2.05, 4.69) is 19.0 Å². The number of benzene rings is 2. The highest BCUT2D eigenvalue weighted by atomic mass is 35.5. The number of nitrogens with zero attached hydrogens (tertiary/aromatic N) is 4. The molecule has 3 aromatic rings. The number of sulfonamides is 1. The van der Waals surface area contributed by atoms with Crippen LogP contribution in [0.4, 0.5) is 11.4 Å². The predicted octanol–water partition coefficient (Wildman–Crippen LogP) is 2.34. The number of hydrogen-bond acceptors (Lipinski definition) is 8. The number of piperazine rings is 1. The van der Waals surface area contributed by atoms with Crippen molar-refractivity contribution in [3.8, 4) is 5.75 Å². The second-order valence-corrected chi connectivity index (χ2v) is 9.62. The van der Waals surface area contributed by atoms with Gasteiger partial charge in [-0.3, -0.25) is 4.31 Å². The van der Waals surface area contributed by atoms with Crippen LogP contribution in [0, 0.1) is 0 Å². The van der Waals surface area contributed by atoms with Gasteiger partial charge in [0.15, 0.2) is 5.75 Å². The summed E-state index contributed by atoms with van der Waals surface area (Å²) in [6.07, 6.45) is 0. The summed E-state index contributed by atoms with van der Waals surface area (Å²) in [4.78, 5) is 2.31. The van der Waals surface area contributed by atoms with Crippen LogP contribution in [0.1, 0.15) is 0 Å². The Morgan fingerprint density at radius 2 is 1.90 bits per heavy atom. The number of ether oxygens (including phenoxy) is 1. The minimum atomic E-state index is -3.87. The molecule has 2 aliphatic rings. The van der Waals surface area contributed by atoms with Gasteiger partial charge in [-0.15, -0.1) is 0 Å². The molecule has 11 heteroatoms. The van der Waals surface area contributed by atoms with Crippen molar-refractivity contribution >= 4 is 55.8 Å². The third-order valence-corrected chi connectivity index (χ3v) is 7.70. The third-order valence-electron chi connectivity index (χ3n) is 5.10. The maximum absolute atomic E-state index is 13.6. The van der Waals surface area contributed by atoms with Crippen LogP contribution in [-0.2, 0) is 10.0 Å². The van der Waals surface area contributed by atoms with Gasteiger partial charge in [-0.1, -0.05) is 17.7 Å². The van der Waals surface area contributed by atoms with Crippen molar-refractivity contribution in [2.45, 2.75) is 4.90 Å². The molecule has 1 N–H and O–H groups in total. The van der Waals surface area contributed by atoms with Gasteiger partial charge in [0.2, 0.25) is 0 Å². The smallest absolute Gasteiger partial charge is 0.266 e. The van der Waals surface area contributed by atoms with Crippen molar-refractivity contribution in [2.24, 2.45) is 0 Å². The molecule has 0 radical (unpaired) electrons. The van der Waals surface area contributed by atoms with Crippen molar-refractivity contribution in [3.63, 3.8) is 0 Å². The van der Waals surface area contributed by atoms with Crippen LogP contribution < -0.4 is 19.3 Å². The van der Waals surface area contributed by atoms with Gasteiger partial charge in [-0.25, -0.2) is 8.42 Å². The molecule has 29 heavy (non-hydrogen) atoms. The fourth-order valence-corrected chi connectivity index (χ4v) is 6.15. The van der Waals surface area contributed by atoms with Gasteiger partial charge in [0.25, 0.3) is 10.0 Å². The average molecular weight is 452 g/mol. The summed E-state index contributed by atoms with van der Waals surface area (Å²) in [5.74, 6) is 0.551. The van der Waals surface area contributed by atoms with Gasteiger partial charge < -0.3 is 15.0 Å². The van der Waals surface area contributed by atoms with E-state index in [0.29, 0.717) is 27.5 Å². The fraction of sp³-hybridized carbons (Fsp3) is 0.333. The number of halogens is 1. The summed E-state index contributed by atoms with van der Waals surface area (Å²) in [6, 6.07) is 8.49. The molecule has 8 nitrogen and oxygen atoms in total. The lowest BCUT2D eigenvalue weighted by Gasteiger charge is -2.36. The van der Waals surface area contributed by atoms with Gasteiger partial charge in [-0.05, 0) is 24.3 Å². The molecule has 2 aliphatic heterocycles. The quantitative estimate of drug-likeness (QED) is 0.653. The number of aromatic nitrogens is 2. The second kappa shape index (κ2) is 7.28. The Labute approximate surface area is 177 Å². The lowest BCUT2D eigenvalue weighted by molar-refractivity contribution is 0.315. The van der Waals surface area contributed by atoms with E-state index in [1.54, 1.807) is 24.3 Å². The van der Waals surface area contributed by atoms with Crippen molar-refractivity contribution in [2.75, 3.05) is 48.5 Å². The van der Waals surface area contributed by atoms with Crippen LogP contribution >= 0.6 is 23.3 Å². The Bertz CT molecular complexity index is 1180. The van der Waals surface area contributed by atoms with Crippen LogP contribution in [0.15, 0.2) is 35.2 Å². The van der Waals surface area contributed by atoms with Gasteiger partial charge in [-0.2, -0.15) is 8.75 Å². The topological polar surface area (TPSA) is 87.7 Å². The molecule has 0 bridgehead atoms. The molecule has 3 heterocycles. The molecule has 0 aliphatic carbocycles. The number of anilines is 2. The maximum Gasteiger partial charge on any atom is 0.266 e. The van der Waals surface area contributed by atoms with Gasteiger partial charge in [0, 0.05) is 31.2 Å². The van der Waals surface area contributed by atoms with Crippen molar-refractivity contribution in [3.05, 3.63) is 35.4 Å². The van der Waals surface area contributed by atoms with E-state index in [1.165, 1.54) is 4.31 Å². The van der Waals surface area contributed by atoms with E-state index < -0.39 is 10.0 Å². The summed E-state index contributed by atoms with van der Waals surface area (Å²) in [6.45, 7) is 3.76. The maximum atomic E-state index is 13.6. The highest BCUT2D eigenvalue weighted by molar-refractivity contribution is 7.93. The standard InChI is InChI=1S/C18H18ClN5O3S2/c19-12-10-14(23-6-4-20-5-7-23)18-15(11-12)24(8-9-27-18)29(25,26)16-3-1-2-13-17(16)22-28-21-13/h1-3,10-11,20H,4-9H2. The number of hydrogen-bond donors (Lipinski definition) is 1. The molecule has 0 unspecified atom stereocenters. The molecule has 5 rings (SSSR count). The molecule has 0 amide bonds. The molecule has 0 spiro atoms. The van der Waals surface area contributed by atoms with E-state index in [-0.39, 0.29) is 18.0 Å². The van der Waals surface area contributed by atoms with Gasteiger partial charge in [0.1, 0.15) is 22.5 Å². The fourth-order valence-electron chi connectivity index (χ4n) is 3.75. The van der Waals surface area contributed by atoms with E-state index >= 15 is 0 Å². The molecular weight excluding hydrogens is 434 g/mol. The summed E-state index contributed by atoms with van der Waals surface area (Å²) >= 11 is 7.40. The molecule has 1 aromatic heterocycles. The molecule has 2 aromatic carbocycles. The summed E-state index contributed by atoms with van der Waals surface area (Å²) in [5, 5.41) is 3.78.